The van der Waals surface area contributed by atoms with Gasteiger partial charge in [-0.1, -0.05) is 49.4 Å². The average molecular weight is 391 g/mol. The Bertz CT molecular complexity index is 922. The Morgan fingerprint density at radius 1 is 0.931 bits per heavy atom. The molecule has 150 valence electrons. The van der Waals surface area contributed by atoms with E-state index >= 15 is 0 Å². The quantitative estimate of drug-likeness (QED) is 0.687. The topological polar surface area (TPSA) is 44.3 Å². The van der Waals surface area contributed by atoms with E-state index in [1.807, 2.05) is 36.4 Å². The van der Waals surface area contributed by atoms with Crippen molar-refractivity contribution in [3.8, 4) is 11.4 Å². The van der Waals surface area contributed by atoms with Crippen LogP contribution in [-0.2, 0) is 6.54 Å². The number of benzene rings is 2. The maximum absolute atomic E-state index is 13.2. The van der Waals surface area contributed by atoms with Crippen molar-refractivity contribution in [2.24, 2.45) is 0 Å². The van der Waals surface area contributed by atoms with Crippen LogP contribution in [0.1, 0.15) is 12.5 Å². The summed E-state index contributed by atoms with van der Waals surface area (Å²) < 4.78 is 13.2. The van der Waals surface area contributed by atoms with Crippen LogP contribution in [0.15, 0.2) is 60.7 Å². The SMILES string of the molecule is CCN1CCN(c2cc(NCc3ccc(F)cc3)nc(-c3ccccc3)n2)CC1. The normalized spacial score (nSPS) is 14.8. The first-order valence-electron chi connectivity index (χ1n) is 10.1. The maximum atomic E-state index is 13.2. The van der Waals surface area contributed by atoms with Crippen LogP contribution in [0, 0.1) is 5.82 Å². The summed E-state index contributed by atoms with van der Waals surface area (Å²) in [5.41, 5.74) is 2.00. The molecule has 29 heavy (non-hydrogen) atoms. The highest BCUT2D eigenvalue weighted by molar-refractivity contribution is 5.62. The predicted molar refractivity (Wildman–Crippen MR) is 116 cm³/mol. The molecule has 1 aromatic heterocycles. The molecule has 0 radical (unpaired) electrons. The first-order chi connectivity index (χ1) is 14.2. The minimum Gasteiger partial charge on any atom is -0.366 e. The zero-order chi connectivity index (χ0) is 20.1. The molecule has 1 N–H and O–H groups in total. The Balaban J connectivity index is 1.58. The van der Waals surface area contributed by atoms with Gasteiger partial charge in [-0.15, -0.1) is 0 Å². The second-order valence-electron chi connectivity index (χ2n) is 7.20. The van der Waals surface area contributed by atoms with E-state index in [-0.39, 0.29) is 5.82 Å². The third-order valence-corrected chi connectivity index (χ3v) is 5.27. The minimum absolute atomic E-state index is 0.226. The van der Waals surface area contributed by atoms with Gasteiger partial charge in [0, 0.05) is 44.4 Å². The smallest absolute Gasteiger partial charge is 0.163 e. The lowest BCUT2D eigenvalue weighted by molar-refractivity contribution is 0.270. The number of rotatable bonds is 6. The van der Waals surface area contributed by atoms with Crippen LogP contribution in [0.5, 0.6) is 0 Å². The van der Waals surface area contributed by atoms with Gasteiger partial charge in [0.05, 0.1) is 0 Å². The predicted octanol–water partition coefficient (Wildman–Crippen LogP) is 4.04. The molecule has 4 rings (SSSR count). The van der Waals surface area contributed by atoms with Crippen LogP contribution >= 0.6 is 0 Å². The van der Waals surface area contributed by atoms with Crippen molar-refractivity contribution in [3.05, 3.63) is 72.0 Å². The highest BCUT2D eigenvalue weighted by Gasteiger charge is 2.18. The third kappa shape index (κ3) is 4.90. The molecule has 5 nitrogen and oxygen atoms in total. The van der Waals surface area contributed by atoms with E-state index in [0.29, 0.717) is 12.4 Å². The van der Waals surface area contributed by atoms with Crippen LogP contribution in [-0.4, -0.2) is 47.6 Å². The summed E-state index contributed by atoms with van der Waals surface area (Å²) in [6.07, 6.45) is 0. The fourth-order valence-corrected chi connectivity index (χ4v) is 3.49. The van der Waals surface area contributed by atoms with Gasteiger partial charge in [0.1, 0.15) is 17.5 Å². The lowest BCUT2D eigenvalue weighted by Gasteiger charge is -2.35. The summed E-state index contributed by atoms with van der Waals surface area (Å²) >= 11 is 0. The van der Waals surface area contributed by atoms with Crippen molar-refractivity contribution < 1.29 is 4.39 Å². The maximum Gasteiger partial charge on any atom is 0.163 e. The van der Waals surface area contributed by atoms with E-state index in [1.165, 1.54) is 12.1 Å². The number of aromatic nitrogens is 2. The van der Waals surface area contributed by atoms with E-state index in [1.54, 1.807) is 12.1 Å². The zero-order valence-corrected chi connectivity index (χ0v) is 16.7. The lowest BCUT2D eigenvalue weighted by atomic mass is 10.2. The van der Waals surface area contributed by atoms with Crippen molar-refractivity contribution in [2.45, 2.75) is 13.5 Å². The lowest BCUT2D eigenvalue weighted by Crippen LogP contribution is -2.46. The Labute approximate surface area is 171 Å². The molecule has 0 spiro atoms. The Morgan fingerprint density at radius 3 is 2.34 bits per heavy atom. The van der Waals surface area contributed by atoms with E-state index in [0.717, 1.165) is 55.5 Å². The molecular weight excluding hydrogens is 365 g/mol. The minimum atomic E-state index is -0.226. The van der Waals surface area contributed by atoms with Crippen molar-refractivity contribution >= 4 is 11.6 Å². The average Bonchev–Trinajstić information content (AvgIpc) is 2.79. The van der Waals surface area contributed by atoms with Gasteiger partial charge in [-0.05, 0) is 24.2 Å². The van der Waals surface area contributed by atoms with Crippen molar-refractivity contribution in [1.29, 1.82) is 0 Å². The number of hydrogen-bond donors (Lipinski definition) is 1. The molecular formula is C23H26FN5. The number of likely N-dealkylation sites (N-methyl/N-ethyl adjacent to an activating group) is 1. The molecule has 1 saturated heterocycles. The van der Waals surface area contributed by atoms with Crippen LogP contribution in [0.4, 0.5) is 16.0 Å². The van der Waals surface area contributed by atoms with E-state index in [4.69, 9.17) is 9.97 Å². The molecule has 2 heterocycles. The van der Waals surface area contributed by atoms with Gasteiger partial charge in [0.15, 0.2) is 5.82 Å². The standard InChI is InChI=1S/C23H26FN5/c1-2-28-12-14-29(15-13-28)22-16-21(25-17-18-8-10-20(24)11-9-18)26-23(27-22)19-6-4-3-5-7-19/h3-11,16H,2,12-15,17H2,1H3,(H,25,26,27). The first-order valence-corrected chi connectivity index (χ1v) is 10.1. The summed E-state index contributed by atoms with van der Waals surface area (Å²) in [6, 6.07) is 18.6. The summed E-state index contributed by atoms with van der Waals surface area (Å²) in [5.74, 6) is 2.20. The van der Waals surface area contributed by atoms with Gasteiger partial charge in [0.2, 0.25) is 0 Å². The van der Waals surface area contributed by atoms with Gasteiger partial charge < -0.3 is 15.1 Å². The summed E-state index contributed by atoms with van der Waals surface area (Å²) in [7, 11) is 0. The molecule has 2 aromatic carbocycles. The molecule has 1 fully saturated rings. The molecule has 0 unspecified atom stereocenters. The second kappa shape index (κ2) is 9.01. The molecule has 1 aliphatic rings. The molecule has 0 atom stereocenters. The highest BCUT2D eigenvalue weighted by Crippen LogP contribution is 2.24. The molecule has 0 bridgehead atoms. The first kappa shape index (κ1) is 19.3. The van der Waals surface area contributed by atoms with Gasteiger partial charge >= 0.3 is 0 Å². The Kier molecular flexibility index (Phi) is 6.00. The second-order valence-corrected chi connectivity index (χ2v) is 7.20. The summed E-state index contributed by atoms with van der Waals surface area (Å²) in [4.78, 5) is 14.4. The van der Waals surface area contributed by atoms with Gasteiger partial charge in [-0.2, -0.15) is 0 Å². The number of hydrogen-bond acceptors (Lipinski definition) is 5. The molecule has 1 aliphatic heterocycles. The largest absolute Gasteiger partial charge is 0.366 e. The molecule has 0 aliphatic carbocycles. The summed E-state index contributed by atoms with van der Waals surface area (Å²) in [6.45, 7) is 7.85. The highest BCUT2D eigenvalue weighted by atomic mass is 19.1. The van der Waals surface area contributed by atoms with Crippen molar-refractivity contribution in [1.82, 2.24) is 14.9 Å². The fraction of sp³-hybridized carbons (Fsp3) is 0.304. The zero-order valence-electron chi connectivity index (χ0n) is 16.7. The van der Waals surface area contributed by atoms with Crippen molar-refractivity contribution in [2.75, 3.05) is 42.9 Å². The van der Waals surface area contributed by atoms with Crippen LogP contribution in [0.2, 0.25) is 0 Å². The van der Waals surface area contributed by atoms with Crippen molar-refractivity contribution in [3.63, 3.8) is 0 Å². The summed E-state index contributed by atoms with van der Waals surface area (Å²) in [5, 5.41) is 3.38. The number of piperazine rings is 1. The molecule has 0 saturated carbocycles. The Morgan fingerprint density at radius 2 is 1.66 bits per heavy atom. The van der Waals surface area contributed by atoms with Crippen LogP contribution in [0.25, 0.3) is 11.4 Å². The molecule has 0 amide bonds. The number of halogens is 1. The Hall–Kier alpha value is -2.99. The number of nitrogens with zero attached hydrogens (tertiary/aromatic N) is 4. The van der Waals surface area contributed by atoms with Gasteiger partial charge in [0.25, 0.3) is 0 Å². The number of nitrogens with one attached hydrogen (secondary N) is 1. The molecule has 3 aromatic rings. The third-order valence-electron chi connectivity index (χ3n) is 5.27. The van der Waals surface area contributed by atoms with E-state index in [9.17, 15) is 4.39 Å². The fourth-order valence-electron chi connectivity index (χ4n) is 3.49. The monoisotopic (exact) mass is 391 g/mol. The number of anilines is 2. The van der Waals surface area contributed by atoms with E-state index in [2.05, 4.69) is 22.0 Å². The van der Waals surface area contributed by atoms with E-state index < -0.39 is 0 Å². The van der Waals surface area contributed by atoms with Gasteiger partial charge in [-0.3, -0.25) is 0 Å². The molecule has 6 heteroatoms. The van der Waals surface area contributed by atoms with Crippen LogP contribution in [0.3, 0.4) is 0 Å². The van der Waals surface area contributed by atoms with Gasteiger partial charge in [-0.25, -0.2) is 14.4 Å². The van der Waals surface area contributed by atoms with Crippen LogP contribution < -0.4 is 10.2 Å².